The summed E-state index contributed by atoms with van der Waals surface area (Å²) in [6, 6.07) is 5.61. The Hall–Kier alpha value is -0.510. The molecular formula is C15H22Cl2N2S. The number of rotatable bonds is 6. The number of benzene rings is 1. The fourth-order valence-corrected chi connectivity index (χ4v) is 2.53. The maximum atomic E-state index is 6.09. The van der Waals surface area contributed by atoms with Gasteiger partial charge in [-0.2, -0.15) is 0 Å². The summed E-state index contributed by atoms with van der Waals surface area (Å²) in [4.78, 5) is 0. The molecule has 2 N–H and O–H groups in total. The molecule has 0 aliphatic rings. The molecule has 112 valence electrons. The molecule has 0 heterocycles. The van der Waals surface area contributed by atoms with Crippen molar-refractivity contribution in [2.24, 2.45) is 5.92 Å². The first-order chi connectivity index (χ1) is 9.38. The molecule has 0 fully saturated rings. The van der Waals surface area contributed by atoms with Gasteiger partial charge < -0.3 is 10.6 Å². The summed E-state index contributed by atoms with van der Waals surface area (Å²) in [5.74, 6) is 0.748. The van der Waals surface area contributed by atoms with E-state index in [1.54, 1.807) is 18.2 Å². The zero-order valence-corrected chi connectivity index (χ0v) is 14.5. The minimum Gasteiger partial charge on any atom is -0.360 e. The molecule has 1 aromatic carbocycles. The van der Waals surface area contributed by atoms with E-state index < -0.39 is 0 Å². The maximum Gasteiger partial charge on any atom is 0.171 e. The smallest absolute Gasteiger partial charge is 0.171 e. The van der Waals surface area contributed by atoms with E-state index in [1.165, 1.54) is 12.8 Å². The van der Waals surface area contributed by atoms with Gasteiger partial charge in [-0.25, -0.2) is 0 Å². The van der Waals surface area contributed by atoms with Gasteiger partial charge in [0.15, 0.2) is 5.11 Å². The van der Waals surface area contributed by atoms with E-state index >= 15 is 0 Å². The van der Waals surface area contributed by atoms with Crippen LogP contribution < -0.4 is 10.6 Å². The highest BCUT2D eigenvalue weighted by Gasteiger charge is 2.07. The molecule has 0 aromatic heterocycles. The van der Waals surface area contributed by atoms with Crippen LogP contribution >= 0.6 is 35.4 Å². The Kier molecular flexibility index (Phi) is 7.63. The number of halogens is 2. The standard InChI is InChI=1S/C15H22Cl2N2S/c1-10(2)5-4-6-11(3)18-15(20)19-14-9-12(16)7-8-13(14)17/h7-11H,4-6H2,1-3H3,(H2,18,19,20). The van der Waals surface area contributed by atoms with Crippen molar-refractivity contribution in [2.45, 2.75) is 46.1 Å². The van der Waals surface area contributed by atoms with Gasteiger partial charge in [0.2, 0.25) is 0 Å². The van der Waals surface area contributed by atoms with Crippen molar-refractivity contribution >= 4 is 46.2 Å². The topological polar surface area (TPSA) is 24.1 Å². The van der Waals surface area contributed by atoms with Crippen LogP contribution in [0.3, 0.4) is 0 Å². The highest BCUT2D eigenvalue weighted by atomic mass is 35.5. The number of thiocarbonyl (C=S) groups is 1. The van der Waals surface area contributed by atoms with Gasteiger partial charge in [-0.3, -0.25) is 0 Å². The molecule has 1 unspecified atom stereocenters. The summed E-state index contributed by atoms with van der Waals surface area (Å²) in [7, 11) is 0. The van der Waals surface area contributed by atoms with E-state index in [4.69, 9.17) is 35.4 Å². The minimum absolute atomic E-state index is 0.340. The fraction of sp³-hybridized carbons (Fsp3) is 0.533. The fourth-order valence-electron chi connectivity index (χ4n) is 1.88. The van der Waals surface area contributed by atoms with Gasteiger partial charge in [0.05, 0.1) is 10.7 Å². The lowest BCUT2D eigenvalue weighted by atomic mass is 10.0. The first-order valence-corrected chi connectivity index (χ1v) is 8.07. The van der Waals surface area contributed by atoms with Crippen LogP contribution in [-0.2, 0) is 0 Å². The Bertz CT molecular complexity index is 449. The van der Waals surface area contributed by atoms with E-state index in [2.05, 4.69) is 31.4 Å². The number of hydrogen-bond donors (Lipinski definition) is 2. The molecule has 1 rings (SSSR count). The van der Waals surface area contributed by atoms with Crippen molar-refractivity contribution in [1.82, 2.24) is 5.32 Å². The molecule has 1 atom stereocenters. The van der Waals surface area contributed by atoms with Gasteiger partial charge in [-0.1, -0.05) is 49.9 Å². The summed E-state index contributed by atoms with van der Waals surface area (Å²) in [6.45, 7) is 6.62. The Balaban J connectivity index is 2.41. The van der Waals surface area contributed by atoms with Gasteiger partial charge in [0.1, 0.15) is 0 Å². The minimum atomic E-state index is 0.340. The average molecular weight is 333 g/mol. The SMILES string of the molecule is CC(C)CCCC(C)NC(=S)Nc1cc(Cl)ccc1Cl. The van der Waals surface area contributed by atoms with Crippen molar-refractivity contribution in [3.63, 3.8) is 0 Å². The van der Waals surface area contributed by atoms with Crippen molar-refractivity contribution < 1.29 is 0 Å². The first-order valence-electron chi connectivity index (χ1n) is 6.91. The third kappa shape index (κ3) is 6.78. The molecule has 5 heteroatoms. The molecule has 0 spiro atoms. The van der Waals surface area contributed by atoms with Gasteiger partial charge >= 0.3 is 0 Å². The highest BCUT2D eigenvalue weighted by Crippen LogP contribution is 2.25. The second kappa shape index (κ2) is 8.71. The molecule has 0 saturated carbocycles. The van der Waals surface area contributed by atoms with Gasteiger partial charge in [-0.15, -0.1) is 0 Å². The largest absolute Gasteiger partial charge is 0.360 e. The summed E-state index contributed by atoms with van der Waals surface area (Å²) in [5.41, 5.74) is 0.728. The van der Waals surface area contributed by atoms with Crippen molar-refractivity contribution in [3.8, 4) is 0 Å². The summed E-state index contributed by atoms with van der Waals surface area (Å²) >= 11 is 17.3. The van der Waals surface area contributed by atoms with Crippen molar-refractivity contribution in [3.05, 3.63) is 28.2 Å². The predicted octanol–water partition coefficient (Wildman–Crippen LogP) is 5.49. The van der Waals surface area contributed by atoms with E-state index in [-0.39, 0.29) is 0 Å². The van der Waals surface area contributed by atoms with E-state index in [0.29, 0.717) is 21.2 Å². The van der Waals surface area contributed by atoms with Crippen molar-refractivity contribution in [1.29, 1.82) is 0 Å². The zero-order chi connectivity index (χ0) is 15.1. The summed E-state index contributed by atoms with van der Waals surface area (Å²) in [5, 5.41) is 8.16. The third-order valence-corrected chi connectivity index (χ3v) is 3.76. The molecule has 2 nitrogen and oxygen atoms in total. The highest BCUT2D eigenvalue weighted by molar-refractivity contribution is 7.80. The van der Waals surface area contributed by atoms with Crippen LogP contribution in [0.15, 0.2) is 18.2 Å². The Morgan fingerprint density at radius 3 is 2.55 bits per heavy atom. The second-order valence-corrected chi connectivity index (χ2v) is 6.70. The number of anilines is 1. The molecular weight excluding hydrogens is 311 g/mol. The van der Waals surface area contributed by atoms with Crippen LogP contribution in [0.1, 0.15) is 40.0 Å². The van der Waals surface area contributed by atoms with Crippen LogP contribution in [-0.4, -0.2) is 11.2 Å². The zero-order valence-electron chi connectivity index (χ0n) is 12.2. The second-order valence-electron chi connectivity index (χ2n) is 5.45. The van der Waals surface area contributed by atoms with Gasteiger partial charge in [0.25, 0.3) is 0 Å². The molecule has 0 bridgehead atoms. The number of nitrogens with one attached hydrogen (secondary N) is 2. The molecule has 1 aromatic rings. The van der Waals surface area contributed by atoms with E-state index in [1.807, 2.05) is 0 Å². The van der Waals surface area contributed by atoms with Crippen LogP contribution in [0.25, 0.3) is 0 Å². The quantitative estimate of drug-likeness (QED) is 0.673. The van der Waals surface area contributed by atoms with Gasteiger partial charge in [0, 0.05) is 11.1 Å². The Labute approximate surface area is 137 Å². The molecule has 0 aliphatic carbocycles. The van der Waals surface area contributed by atoms with Crippen LogP contribution in [0.4, 0.5) is 5.69 Å². The lowest BCUT2D eigenvalue weighted by Gasteiger charge is -2.18. The lowest BCUT2D eigenvalue weighted by molar-refractivity contribution is 0.495. The van der Waals surface area contributed by atoms with Crippen LogP contribution in [0, 0.1) is 5.92 Å². The third-order valence-electron chi connectivity index (χ3n) is 2.97. The van der Waals surface area contributed by atoms with Crippen LogP contribution in [0.5, 0.6) is 0 Å². The predicted molar refractivity (Wildman–Crippen MR) is 94.0 cm³/mol. The molecule has 0 amide bonds. The molecule has 0 aliphatic heterocycles. The number of hydrogen-bond acceptors (Lipinski definition) is 1. The van der Waals surface area contributed by atoms with E-state index in [9.17, 15) is 0 Å². The Morgan fingerprint density at radius 2 is 1.90 bits per heavy atom. The van der Waals surface area contributed by atoms with Gasteiger partial charge in [-0.05, 0) is 49.7 Å². The van der Waals surface area contributed by atoms with Crippen LogP contribution in [0.2, 0.25) is 10.0 Å². The molecule has 0 saturated heterocycles. The molecule has 0 radical (unpaired) electrons. The first kappa shape index (κ1) is 17.5. The van der Waals surface area contributed by atoms with Crippen molar-refractivity contribution in [2.75, 3.05) is 5.32 Å². The monoisotopic (exact) mass is 332 g/mol. The molecule has 20 heavy (non-hydrogen) atoms. The maximum absolute atomic E-state index is 6.09. The average Bonchev–Trinajstić information content (AvgIpc) is 2.33. The normalized spacial score (nSPS) is 12.3. The summed E-state index contributed by atoms with van der Waals surface area (Å²) in [6.07, 6.45) is 3.54. The summed E-state index contributed by atoms with van der Waals surface area (Å²) < 4.78 is 0. The lowest BCUT2D eigenvalue weighted by Crippen LogP contribution is -2.35. The Morgan fingerprint density at radius 1 is 1.20 bits per heavy atom. The van der Waals surface area contributed by atoms with E-state index in [0.717, 1.165) is 18.0 Å².